The maximum atomic E-state index is 13.0. The number of fused-ring (bicyclic) bond motifs is 1. The average molecular weight is 537 g/mol. The fourth-order valence-corrected chi connectivity index (χ4v) is 5.81. The Balaban J connectivity index is 1.51. The number of Topliss-reactive ketones (excluding diaryl/α,β-unsaturated/α-hetero) is 1. The van der Waals surface area contributed by atoms with Gasteiger partial charge in [-0.15, -0.1) is 0 Å². The summed E-state index contributed by atoms with van der Waals surface area (Å²) in [7, 11) is 0. The Labute approximate surface area is 218 Å². The molecule has 0 bridgehead atoms. The van der Waals surface area contributed by atoms with Crippen molar-refractivity contribution in [2.75, 3.05) is 18.9 Å². The summed E-state index contributed by atoms with van der Waals surface area (Å²) >= 11 is 1.79. The van der Waals surface area contributed by atoms with Crippen LogP contribution < -0.4 is 27.4 Å². The van der Waals surface area contributed by atoms with E-state index in [4.69, 9.17) is 20.9 Å². The molecule has 0 aromatic rings. The molecule has 3 heterocycles. The lowest BCUT2D eigenvalue weighted by molar-refractivity contribution is -0.137. The predicted molar refractivity (Wildman–Crippen MR) is 133 cm³/mol. The van der Waals surface area contributed by atoms with E-state index in [2.05, 4.69) is 28.2 Å². The summed E-state index contributed by atoms with van der Waals surface area (Å²) in [5.41, 5.74) is 12.1. The van der Waals surface area contributed by atoms with Crippen molar-refractivity contribution >= 4 is 41.3 Å². The number of unbranched alkanes of at least 4 members (excludes halogenated alkanes) is 1. The molecule has 0 spiro atoms. The summed E-state index contributed by atoms with van der Waals surface area (Å²) in [4.78, 5) is 61.2. The molecule has 0 radical (unpaired) electrons. The number of nitrogens with zero attached hydrogens (tertiary/aromatic N) is 1. The van der Waals surface area contributed by atoms with E-state index >= 15 is 0 Å². The van der Waals surface area contributed by atoms with Gasteiger partial charge < -0.3 is 25.4 Å². The molecule has 0 aromatic heterocycles. The number of hydrogen-bond donors (Lipinski definition) is 5. The third kappa shape index (κ3) is 7.61. The van der Waals surface area contributed by atoms with Crippen molar-refractivity contribution in [3.8, 4) is 12.2 Å². The van der Waals surface area contributed by atoms with Crippen LogP contribution in [0.2, 0.25) is 0 Å². The zero-order valence-electron chi connectivity index (χ0n) is 20.5. The van der Waals surface area contributed by atoms with Gasteiger partial charge in [-0.05, 0) is 19.8 Å². The Hall–Kier alpha value is -3.28. The first-order valence-corrected chi connectivity index (χ1v) is 13.1. The van der Waals surface area contributed by atoms with Gasteiger partial charge in [-0.25, -0.2) is 4.79 Å². The second kappa shape index (κ2) is 12.8. The van der Waals surface area contributed by atoms with Crippen LogP contribution >= 0.6 is 11.8 Å². The van der Waals surface area contributed by atoms with Crippen LogP contribution in [0.25, 0.3) is 0 Å². The highest BCUT2D eigenvalue weighted by Crippen LogP contribution is 2.33. The predicted octanol–water partition coefficient (Wildman–Crippen LogP) is -1.38. The summed E-state index contributed by atoms with van der Waals surface area (Å²) in [6.45, 7) is 1.84. The molecule has 3 aliphatic heterocycles. The van der Waals surface area contributed by atoms with E-state index in [0.29, 0.717) is 13.0 Å². The van der Waals surface area contributed by atoms with E-state index < -0.39 is 35.4 Å². The van der Waals surface area contributed by atoms with Gasteiger partial charge in [-0.2, -0.15) is 11.8 Å². The molecule has 2 fully saturated rings. The highest BCUT2D eigenvalue weighted by Gasteiger charge is 2.43. The minimum atomic E-state index is -2.11. The second-order valence-corrected chi connectivity index (χ2v) is 10.1. The Bertz CT molecular complexity index is 989. The van der Waals surface area contributed by atoms with E-state index in [1.54, 1.807) is 18.7 Å². The molecule has 1 unspecified atom stereocenters. The van der Waals surface area contributed by atoms with Crippen molar-refractivity contribution in [3.05, 3.63) is 12.2 Å². The second-order valence-electron chi connectivity index (χ2n) is 8.86. The van der Waals surface area contributed by atoms with Gasteiger partial charge in [0.2, 0.25) is 12.0 Å². The summed E-state index contributed by atoms with van der Waals surface area (Å²) in [5, 5.41) is 8.43. The van der Waals surface area contributed by atoms with Crippen molar-refractivity contribution < 1.29 is 33.4 Å². The lowest BCUT2D eigenvalue weighted by Gasteiger charge is -2.32. The third-order valence-corrected chi connectivity index (χ3v) is 7.59. The van der Waals surface area contributed by atoms with Gasteiger partial charge in [0.05, 0.1) is 18.7 Å². The lowest BCUT2D eigenvalue weighted by Crippen LogP contribution is -2.72. The molecule has 0 aliphatic carbocycles. The van der Waals surface area contributed by atoms with Crippen molar-refractivity contribution in [3.63, 3.8) is 0 Å². The highest BCUT2D eigenvalue weighted by molar-refractivity contribution is 8.00. The number of imide groups is 1. The lowest BCUT2D eigenvalue weighted by atomic mass is 9.99. The molecular formula is C23H32N6O7S. The summed E-state index contributed by atoms with van der Waals surface area (Å²) < 4.78 is 10.2. The van der Waals surface area contributed by atoms with Gasteiger partial charge in [-0.1, -0.05) is 6.42 Å². The fourth-order valence-electron chi connectivity index (χ4n) is 4.27. The van der Waals surface area contributed by atoms with Gasteiger partial charge >= 0.3 is 6.03 Å². The molecule has 7 N–H and O–H groups in total. The number of thioether (sulfide) groups is 1. The number of ether oxygens (including phenoxy) is 2. The van der Waals surface area contributed by atoms with Crippen LogP contribution in [0, 0.1) is 12.2 Å². The minimum absolute atomic E-state index is 0.0749. The van der Waals surface area contributed by atoms with Crippen LogP contribution in [-0.2, 0) is 28.7 Å². The standard InChI is InChI=1S/C23H32N6O7S/c1-2-35-11-12-36-21(23(24,25)28-17(31)9-10-29-18(32)7-8-19(29)33)15(30)5-3-4-6-16-20-14(13-37-16)26-22(34)27-20/h7-8,14,16,20-21H,2-6,9-10,13,24-25H2,1H3,(H,28,31)(H2,26,27,34)/t14-,16-,20-,21?/m0/s1. The number of rotatable bonds is 13. The van der Waals surface area contributed by atoms with Crippen LogP contribution in [0.4, 0.5) is 4.79 Å². The van der Waals surface area contributed by atoms with Gasteiger partial charge in [0.25, 0.3) is 11.8 Å². The molecular weight excluding hydrogens is 504 g/mol. The van der Waals surface area contributed by atoms with Crippen molar-refractivity contribution in [1.29, 1.82) is 0 Å². The number of nitrogens with one attached hydrogen (secondary N) is 3. The van der Waals surface area contributed by atoms with E-state index in [9.17, 15) is 24.0 Å². The fraction of sp³-hybridized carbons (Fsp3) is 0.609. The summed E-state index contributed by atoms with van der Waals surface area (Å²) in [6, 6.07) is 0.0571. The molecule has 5 amide bonds. The number of hydrogen-bond acceptors (Lipinski definition) is 10. The first-order valence-electron chi connectivity index (χ1n) is 12.0. The van der Waals surface area contributed by atoms with E-state index in [-0.39, 0.29) is 42.8 Å². The number of urea groups is 1. The summed E-state index contributed by atoms with van der Waals surface area (Å²) in [5.74, 6) is -3.45. The topological polar surface area (TPSA) is 195 Å². The van der Waals surface area contributed by atoms with Crippen molar-refractivity contribution in [2.45, 2.75) is 68.3 Å². The normalized spacial score (nSPS) is 23.1. The van der Waals surface area contributed by atoms with E-state index in [1.807, 2.05) is 0 Å². The molecule has 37 heavy (non-hydrogen) atoms. The number of amides is 5. The van der Waals surface area contributed by atoms with Crippen LogP contribution in [0.1, 0.15) is 39.0 Å². The SMILES string of the molecule is CCOC#COC(C(=O)CCCC[C@@H]1SC[C@@H]2NC(=O)N[C@@H]21)C(N)(N)NC(=O)CCN1C(=O)C=CC1=O. The Morgan fingerprint density at radius 3 is 2.62 bits per heavy atom. The van der Waals surface area contributed by atoms with Crippen molar-refractivity contribution in [2.24, 2.45) is 11.5 Å². The van der Waals surface area contributed by atoms with E-state index in [1.165, 1.54) is 0 Å². The Morgan fingerprint density at radius 2 is 1.92 bits per heavy atom. The zero-order chi connectivity index (χ0) is 27.0. The van der Waals surface area contributed by atoms with Crippen LogP contribution in [-0.4, -0.2) is 82.6 Å². The molecule has 13 nitrogen and oxygen atoms in total. The van der Waals surface area contributed by atoms with Gasteiger partial charge in [0.15, 0.2) is 23.8 Å². The quantitative estimate of drug-likeness (QED) is 0.0615. The largest absolute Gasteiger partial charge is 0.445 e. The molecule has 0 saturated carbocycles. The van der Waals surface area contributed by atoms with Crippen molar-refractivity contribution in [1.82, 2.24) is 20.9 Å². The highest BCUT2D eigenvalue weighted by atomic mass is 32.2. The van der Waals surface area contributed by atoms with Crippen LogP contribution in [0.15, 0.2) is 12.2 Å². The first kappa shape index (κ1) is 28.3. The zero-order valence-corrected chi connectivity index (χ0v) is 21.3. The monoisotopic (exact) mass is 536 g/mol. The molecule has 3 aliphatic rings. The van der Waals surface area contributed by atoms with Crippen LogP contribution in [0.5, 0.6) is 0 Å². The smallest absolute Gasteiger partial charge is 0.315 e. The first-order chi connectivity index (χ1) is 17.6. The van der Waals surface area contributed by atoms with Gasteiger partial charge in [-0.3, -0.25) is 35.5 Å². The Kier molecular flexibility index (Phi) is 9.79. The molecule has 3 rings (SSSR count). The molecule has 0 aromatic carbocycles. The van der Waals surface area contributed by atoms with Crippen LogP contribution in [0.3, 0.4) is 0 Å². The molecule has 14 heteroatoms. The minimum Gasteiger partial charge on any atom is -0.445 e. The number of carbonyl (C=O) groups is 5. The average Bonchev–Trinajstić information content (AvgIpc) is 3.48. The maximum Gasteiger partial charge on any atom is 0.315 e. The number of carbonyl (C=O) groups excluding carboxylic acids is 5. The summed E-state index contributed by atoms with van der Waals surface area (Å²) in [6.07, 6.45) is 7.09. The Morgan fingerprint density at radius 1 is 1.19 bits per heavy atom. The van der Waals surface area contributed by atoms with Gasteiger partial charge in [0.1, 0.15) is 0 Å². The number of ketones is 1. The molecule has 2 saturated heterocycles. The third-order valence-electron chi connectivity index (χ3n) is 6.08. The molecule has 4 atom stereocenters. The van der Waals surface area contributed by atoms with Gasteiger partial charge in [0, 0.05) is 42.5 Å². The van der Waals surface area contributed by atoms with E-state index in [0.717, 1.165) is 35.6 Å². The maximum absolute atomic E-state index is 13.0. The molecule has 202 valence electrons. The number of nitrogens with two attached hydrogens (primary N) is 2.